The first kappa shape index (κ1) is 15.9. The van der Waals surface area contributed by atoms with Crippen LogP contribution >= 0.6 is 0 Å². The number of hydrogen-bond donors (Lipinski definition) is 0. The predicted octanol–water partition coefficient (Wildman–Crippen LogP) is 4.17. The van der Waals surface area contributed by atoms with Crippen molar-refractivity contribution in [2.24, 2.45) is 0 Å². The predicted molar refractivity (Wildman–Crippen MR) is 78.2 cm³/mol. The van der Waals surface area contributed by atoms with Gasteiger partial charge in [0.1, 0.15) is 0 Å². The standard InChI is InChI=1S/C11H18NO2.3CH3.Sn/c1-11(2,3)14-10(13)12-8-6-4-5-7-9-12;;;;/h6H,4-5,7,9H2,1-3H3;3*1H3;. The molecule has 0 N–H and O–H groups in total. The van der Waals surface area contributed by atoms with Crippen molar-refractivity contribution in [2.75, 3.05) is 6.54 Å². The fraction of sp³-hybridized carbons (Fsp3) is 0.786. The van der Waals surface area contributed by atoms with Gasteiger partial charge in [-0.05, 0) is 0 Å². The van der Waals surface area contributed by atoms with Gasteiger partial charge in [-0.3, -0.25) is 0 Å². The van der Waals surface area contributed by atoms with E-state index in [-0.39, 0.29) is 6.09 Å². The molecule has 0 atom stereocenters. The molecule has 0 unspecified atom stereocenters. The molecule has 4 heteroatoms. The van der Waals surface area contributed by atoms with Crippen LogP contribution in [-0.2, 0) is 4.74 Å². The summed E-state index contributed by atoms with van der Waals surface area (Å²) in [5, 5.41) is 0. The zero-order valence-corrected chi connectivity index (χ0v) is 15.5. The van der Waals surface area contributed by atoms with E-state index in [4.69, 9.17) is 4.74 Å². The zero-order valence-electron chi connectivity index (χ0n) is 12.7. The summed E-state index contributed by atoms with van der Waals surface area (Å²) in [7, 11) is 0. The zero-order chi connectivity index (χ0) is 14.0. The topological polar surface area (TPSA) is 29.5 Å². The van der Waals surface area contributed by atoms with E-state index >= 15 is 0 Å². The van der Waals surface area contributed by atoms with Crippen molar-refractivity contribution >= 4 is 24.5 Å². The number of carbonyl (C=O) groups is 1. The summed E-state index contributed by atoms with van der Waals surface area (Å²) in [6.45, 7) is 6.58. The monoisotopic (exact) mass is 361 g/mol. The molecule has 0 fully saturated rings. The number of amides is 1. The molecule has 0 saturated carbocycles. The third-order valence-corrected chi connectivity index (χ3v) is 8.59. The average Bonchev–Trinajstić information content (AvgIpc) is 2.37. The molecule has 18 heavy (non-hydrogen) atoms. The Balaban J connectivity index is 2.92. The van der Waals surface area contributed by atoms with E-state index in [0.717, 1.165) is 19.4 Å². The summed E-state index contributed by atoms with van der Waals surface area (Å²) >= 11 is -2.26. The molecular weight excluding hydrogens is 333 g/mol. The Labute approximate surface area is 115 Å². The van der Waals surface area contributed by atoms with Crippen LogP contribution in [0.2, 0.25) is 14.8 Å². The summed E-state index contributed by atoms with van der Waals surface area (Å²) in [5.41, 5.74) is -0.415. The van der Waals surface area contributed by atoms with Crippen LogP contribution in [0.25, 0.3) is 0 Å². The van der Waals surface area contributed by atoms with Crippen LogP contribution in [0.4, 0.5) is 4.79 Å². The summed E-state index contributed by atoms with van der Waals surface area (Å²) in [6.07, 6.45) is 5.46. The van der Waals surface area contributed by atoms with Crippen LogP contribution in [0, 0.1) is 0 Å². The van der Waals surface area contributed by atoms with Gasteiger partial charge >= 0.3 is 116 Å². The molecule has 0 bridgehead atoms. The molecule has 0 spiro atoms. The van der Waals surface area contributed by atoms with E-state index in [1.165, 1.54) is 10.1 Å². The second-order valence-electron chi connectivity index (χ2n) is 6.97. The molecule has 1 amide bonds. The first-order chi connectivity index (χ1) is 8.11. The fourth-order valence-corrected chi connectivity index (χ4v) is 7.15. The van der Waals surface area contributed by atoms with Crippen LogP contribution in [-0.4, -0.2) is 41.5 Å². The Morgan fingerprint density at radius 1 is 1.28 bits per heavy atom. The van der Waals surface area contributed by atoms with E-state index in [9.17, 15) is 4.79 Å². The average molecular weight is 360 g/mol. The summed E-state index contributed by atoms with van der Waals surface area (Å²) < 4.78 is 6.84. The summed E-state index contributed by atoms with van der Waals surface area (Å²) in [6, 6.07) is 0. The van der Waals surface area contributed by atoms with Crippen LogP contribution in [0.1, 0.15) is 40.0 Å². The third kappa shape index (κ3) is 4.82. The van der Waals surface area contributed by atoms with Crippen LogP contribution < -0.4 is 0 Å². The second-order valence-corrected chi connectivity index (χ2v) is 21.3. The van der Waals surface area contributed by atoms with Gasteiger partial charge in [-0.1, -0.05) is 0 Å². The van der Waals surface area contributed by atoms with E-state index in [0.29, 0.717) is 0 Å². The van der Waals surface area contributed by atoms with Crippen molar-refractivity contribution in [1.82, 2.24) is 4.90 Å². The molecule has 1 aliphatic rings. The molecule has 1 rings (SSSR count). The number of allylic oxidation sites excluding steroid dienone is 1. The van der Waals surface area contributed by atoms with Gasteiger partial charge in [0.2, 0.25) is 0 Å². The van der Waals surface area contributed by atoms with Crippen molar-refractivity contribution in [3.63, 3.8) is 0 Å². The van der Waals surface area contributed by atoms with E-state index < -0.39 is 24.0 Å². The van der Waals surface area contributed by atoms with Gasteiger partial charge < -0.3 is 0 Å². The SMILES string of the molecule is CC(C)(C)OC(=O)N1CCCCC=[C]1[Sn]([CH3])([CH3])[CH3]. The molecular formula is C14H27NO2Sn. The first-order valence-corrected chi connectivity index (χ1v) is 16.8. The first-order valence-electron chi connectivity index (χ1n) is 6.82. The number of hydrogen-bond acceptors (Lipinski definition) is 2. The van der Waals surface area contributed by atoms with Crippen molar-refractivity contribution in [1.29, 1.82) is 0 Å². The molecule has 1 aliphatic heterocycles. The minimum absolute atomic E-state index is 0.165. The molecule has 104 valence electrons. The van der Waals surface area contributed by atoms with Gasteiger partial charge in [-0.15, -0.1) is 0 Å². The molecule has 0 aromatic heterocycles. The van der Waals surface area contributed by atoms with Crippen molar-refractivity contribution in [3.05, 3.63) is 9.79 Å². The van der Waals surface area contributed by atoms with Gasteiger partial charge in [0.25, 0.3) is 0 Å². The molecule has 3 nitrogen and oxygen atoms in total. The van der Waals surface area contributed by atoms with Crippen LogP contribution in [0.15, 0.2) is 9.79 Å². The summed E-state index contributed by atoms with van der Waals surface area (Å²) in [5.74, 6) is 0. The van der Waals surface area contributed by atoms with Gasteiger partial charge in [0, 0.05) is 0 Å². The Hall–Kier alpha value is -0.191. The van der Waals surface area contributed by atoms with Crippen molar-refractivity contribution < 1.29 is 9.53 Å². The number of rotatable bonds is 1. The number of ether oxygens (including phenoxy) is 1. The summed E-state index contributed by atoms with van der Waals surface area (Å²) in [4.78, 5) is 21.3. The van der Waals surface area contributed by atoms with E-state index in [2.05, 4.69) is 20.9 Å². The quantitative estimate of drug-likeness (QED) is 0.657. The molecule has 0 aromatic carbocycles. The van der Waals surface area contributed by atoms with Gasteiger partial charge in [0.15, 0.2) is 0 Å². The van der Waals surface area contributed by atoms with E-state index in [1.54, 1.807) is 0 Å². The number of nitrogens with zero attached hydrogens (tertiary/aromatic N) is 1. The Kier molecular flexibility index (Phi) is 5.15. The Bertz CT molecular complexity index is 337. The fourth-order valence-electron chi connectivity index (χ4n) is 2.10. The Morgan fingerprint density at radius 2 is 1.89 bits per heavy atom. The normalized spacial score (nSPS) is 18.1. The van der Waals surface area contributed by atoms with Crippen molar-refractivity contribution in [2.45, 2.75) is 60.5 Å². The molecule has 1 heterocycles. The maximum atomic E-state index is 12.3. The third-order valence-electron chi connectivity index (χ3n) is 2.85. The van der Waals surface area contributed by atoms with Crippen LogP contribution in [0.5, 0.6) is 0 Å². The molecule has 0 saturated heterocycles. The molecule has 0 radical (unpaired) electrons. The number of carbonyl (C=O) groups excluding carboxylic acids is 1. The van der Waals surface area contributed by atoms with Crippen LogP contribution in [0.3, 0.4) is 0 Å². The van der Waals surface area contributed by atoms with Crippen molar-refractivity contribution in [3.8, 4) is 0 Å². The van der Waals surface area contributed by atoms with E-state index in [1.807, 2.05) is 25.7 Å². The second kappa shape index (κ2) is 5.84. The maximum absolute atomic E-state index is 12.3. The Morgan fingerprint density at radius 3 is 2.39 bits per heavy atom. The van der Waals surface area contributed by atoms with Gasteiger partial charge in [0.05, 0.1) is 0 Å². The molecule has 0 aliphatic carbocycles. The van der Waals surface area contributed by atoms with Gasteiger partial charge in [-0.2, -0.15) is 0 Å². The minimum atomic E-state index is -2.26. The van der Waals surface area contributed by atoms with Gasteiger partial charge in [-0.25, -0.2) is 0 Å². The molecule has 0 aromatic rings.